The van der Waals surface area contributed by atoms with E-state index in [1.54, 1.807) is 0 Å². The van der Waals surface area contributed by atoms with Crippen LogP contribution >= 0.6 is 0 Å². The zero-order valence-electron chi connectivity index (χ0n) is 46.3. The van der Waals surface area contributed by atoms with E-state index in [4.69, 9.17) is 9.47 Å². The third-order valence-corrected chi connectivity index (χ3v) is 15.1. The molecule has 9 heteroatoms. The summed E-state index contributed by atoms with van der Waals surface area (Å²) in [5.74, 6) is -0.144. The summed E-state index contributed by atoms with van der Waals surface area (Å²) in [4.78, 5) is 13.1. The van der Waals surface area contributed by atoms with Gasteiger partial charge in [-0.3, -0.25) is 4.79 Å². The lowest BCUT2D eigenvalue weighted by atomic mass is 9.99. The van der Waals surface area contributed by atoms with E-state index in [-0.39, 0.29) is 12.5 Å². The fourth-order valence-electron chi connectivity index (χ4n) is 10.2. The first kappa shape index (κ1) is 66.9. The van der Waals surface area contributed by atoms with Crippen LogP contribution in [-0.4, -0.2) is 87.5 Å². The molecule has 6 N–H and O–H groups in total. The number of aliphatic hydroxyl groups excluding tert-OH is 5. The third kappa shape index (κ3) is 40.3. The molecule has 0 aromatic heterocycles. The number of carbonyl (C=O) groups is 1. The van der Waals surface area contributed by atoms with E-state index in [1.165, 1.54) is 250 Å². The number of hydrogen-bond donors (Lipinski definition) is 6. The highest BCUT2D eigenvalue weighted by atomic mass is 16.7. The number of carbonyl (C=O) groups excluding carboxylic acids is 1. The van der Waals surface area contributed by atoms with E-state index < -0.39 is 49.5 Å². The zero-order chi connectivity index (χ0) is 50.8. The predicted octanol–water partition coefficient (Wildman–Crippen LogP) is 15.6. The van der Waals surface area contributed by atoms with Crippen LogP contribution in [-0.2, 0) is 14.3 Å². The molecule has 1 fully saturated rings. The number of aliphatic hydroxyl groups is 5. The average molecular weight is 995 g/mol. The fraction of sp³-hybridized carbons (Fsp3) is 0.951. The SMILES string of the molecule is CCCCCCCC/C=C\CCCCCCCCCC(=O)NC(COC1OC(CO)C(O)C(O)C1O)C(O)CCCCCCCCCCCCCCCCCCCCCCCCCCCCCCCC. The Labute approximate surface area is 433 Å². The standard InChI is InChI=1S/C61H119NO8/c1-3-5-7-9-11-13-15-17-19-21-22-23-24-25-26-27-28-29-30-31-32-33-35-36-38-40-42-44-46-48-50-55(64)54(53-69-61-60(68)59(67)58(66)56(52-63)70-61)62-57(65)51-49-47-45-43-41-39-37-34-20-18-16-14-12-10-8-6-4-2/h18,20,54-56,58-61,63-64,66-68H,3-17,19,21-53H2,1-2H3,(H,62,65)/b20-18-. The van der Waals surface area contributed by atoms with Crippen LogP contribution in [0.15, 0.2) is 12.2 Å². The van der Waals surface area contributed by atoms with Crippen molar-refractivity contribution in [1.29, 1.82) is 0 Å². The maximum absolute atomic E-state index is 13.1. The lowest BCUT2D eigenvalue weighted by Crippen LogP contribution is -2.60. The second kappa shape index (κ2) is 51.4. The molecular weight excluding hydrogens is 875 g/mol. The van der Waals surface area contributed by atoms with Crippen molar-refractivity contribution in [3.8, 4) is 0 Å². The third-order valence-electron chi connectivity index (χ3n) is 15.1. The maximum atomic E-state index is 13.1. The molecule has 70 heavy (non-hydrogen) atoms. The van der Waals surface area contributed by atoms with Crippen molar-refractivity contribution in [2.45, 2.75) is 358 Å². The summed E-state index contributed by atoms with van der Waals surface area (Å²) in [6, 6.07) is -0.719. The van der Waals surface area contributed by atoms with Crippen LogP contribution < -0.4 is 5.32 Å². The summed E-state index contributed by atoms with van der Waals surface area (Å²) in [5.41, 5.74) is 0. The number of allylic oxidation sites excluding steroid dienone is 2. The molecule has 7 unspecified atom stereocenters. The van der Waals surface area contributed by atoms with Gasteiger partial charge in [-0.05, 0) is 38.5 Å². The Morgan fingerprint density at radius 2 is 0.800 bits per heavy atom. The van der Waals surface area contributed by atoms with Crippen molar-refractivity contribution in [2.24, 2.45) is 0 Å². The first-order valence-electron chi connectivity index (χ1n) is 30.9. The van der Waals surface area contributed by atoms with Crippen LogP contribution in [0.25, 0.3) is 0 Å². The maximum Gasteiger partial charge on any atom is 0.220 e. The van der Waals surface area contributed by atoms with Crippen LogP contribution in [0.4, 0.5) is 0 Å². The van der Waals surface area contributed by atoms with E-state index in [9.17, 15) is 30.3 Å². The Bertz CT molecular complexity index is 1110. The van der Waals surface area contributed by atoms with Crippen molar-refractivity contribution < 1.29 is 39.8 Å². The Hall–Kier alpha value is -1.07. The highest BCUT2D eigenvalue weighted by molar-refractivity contribution is 5.76. The van der Waals surface area contributed by atoms with Gasteiger partial charge >= 0.3 is 0 Å². The Morgan fingerprint density at radius 1 is 0.471 bits per heavy atom. The number of ether oxygens (including phenoxy) is 2. The number of rotatable bonds is 54. The number of amides is 1. The van der Waals surface area contributed by atoms with Gasteiger partial charge in [-0.25, -0.2) is 0 Å². The van der Waals surface area contributed by atoms with Crippen LogP contribution in [0.1, 0.15) is 316 Å². The molecule has 0 spiro atoms. The minimum absolute atomic E-state index is 0.135. The van der Waals surface area contributed by atoms with Gasteiger partial charge in [0.15, 0.2) is 6.29 Å². The smallest absolute Gasteiger partial charge is 0.220 e. The molecule has 0 radical (unpaired) electrons. The van der Waals surface area contributed by atoms with Crippen molar-refractivity contribution >= 4 is 5.91 Å². The first-order chi connectivity index (χ1) is 34.3. The van der Waals surface area contributed by atoms with Crippen LogP contribution in [0.3, 0.4) is 0 Å². The van der Waals surface area contributed by atoms with Gasteiger partial charge in [0.1, 0.15) is 24.4 Å². The van der Waals surface area contributed by atoms with Crippen LogP contribution in [0.2, 0.25) is 0 Å². The van der Waals surface area contributed by atoms with Gasteiger partial charge in [-0.15, -0.1) is 0 Å². The molecule has 7 atom stereocenters. The second-order valence-corrected chi connectivity index (χ2v) is 21.9. The van der Waals surface area contributed by atoms with Crippen molar-refractivity contribution in [1.82, 2.24) is 5.32 Å². The average Bonchev–Trinajstić information content (AvgIpc) is 3.36. The van der Waals surface area contributed by atoms with Gasteiger partial charge < -0.3 is 40.3 Å². The fourth-order valence-corrected chi connectivity index (χ4v) is 10.2. The molecule has 1 saturated heterocycles. The molecule has 1 heterocycles. The lowest BCUT2D eigenvalue weighted by Gasteiger charge is -2.40. The van der Waals surface area contributed by atoms with E-state index in [0.29, 0.717) is 12.8 Å². The van der Waals surface area contributed by atoms with Gasteiger partial charge in [-0.1, -0.05) is 283 Å². The monoisotopic (exact) mass is 994 g/mol. The summed E-state index contributed by atoms with van der Waals surface area (Å²) in [7, 11) is 0. The van der Waals surface area contributed by atoms with Crippen LogP contribution in [0, 0.1) is 0 Å². The van der Waals surface area contributed by atoms with E-state index in [0.717, 1.165) is 38.5 Å². The molecule has 0 bridgehead atoms. The number of hydrogen-bond acceptors (Lipinski definition) is 8. The number of nitrogens with one attached hydrogen (secondary N) is 1. The minimum atomic E-state index is -1.55. The molecule has 0 aromatic carbocycles. The van der Waals surface area contributed by atoms with Gasteiger partial charge in [0, 0.05) is 6.42 Å². The van der Waals surface area contributed by atoms with Gasteiger partial charge in [-0.2, -0.15) is 0 Å². The molecule has 416 valence electrons. The normalized spacial score (nSPS) is 19.3. The van der Waals surface area contributed by atoms with Crippen molar-refractivity contribution in [3.63, 3.8) is 0 Å². The Kier molecular flexibility index (Phi) is 49.2. The van der Waals surface area contributed by atoms with Crippen molar-refractivity contribution in [2.75, 3.05) is 13.2 Å². The summed E-state index contributed by atoms with van der Waals surface area (Å²) in [5, 5.41) is 54.7. The molecule has 1 amide bonds. The summed E-state index contributed by atoms with van der Waals surface area (Å²) >= 11 is 0. The van der Waals surface area contributed by atoms with Gasteiger partial charge in [0.25, 0.3) is 0 Å². The lowest BCUT2D eigenvalue weighted by molar-refractivity contribution is -0.302. The van der Waals surface area contributed by atoms with Crippen LogP contribution in [0.5, 0.6) is 0 Å². The highest BCUT2D eigenvalue weighted by Gasteiger charge is 2.44. The quantitative estimate of drug-likeness (QED) is 0.0261. The minimum Gasteiger partial charge on any atom is -0.394 e. The second-order valence-electron chi connectivity index (χ2n) is 21.9. The molecule has 0 aliphatic carbocycles. The first-order valence-corrected chi connectivity index (χ1v) is 30.9. The molecule has 1 rings (SSSR count). The summed E-state index contributed by atoms with van der Waals surface area (Å²) < 4.78 is 11.3. The molecule has 1 aliphatic heterocycles. The van der Waals surface area contributed by atoms with Crippen molar-refractivity contribution in [3.05, 3.63) is 12.2 Å². The molecule has 9 nitrogen and oxygen atoms in total. The highest BCUT2D eigenvalue weighted by Crippen LogP contribution is 2.23. The zero-order valence-corrected chi connectivity index (χ0v) is 46.3. The van der Waals surface area contributed by atoms with E-state index in [1.807, 2.05) is 0 Å². The summed E-state index contributed by atoms with van der Waals surface area (Å²) in [6.45, 7) is 3.87. The Balaban J connectivity index is 2.13. The number of unbranched alkanes of at least 4 members (excludes halogenated alkanes) is 42. The molecule has 0 saturated carbocycles. The van der Waals surface area contributed by atoms with Gasteiger partial charge in [0.2, 0.25) is 5.91 Å². The largest absolute Gasteiger partial charge is 0.394 e. The Morgan fingerprint density at radius 3 is 1.16 bits per heavy atom. The van der Waals surface area contributed by atoms with Gasteiger partial charge in [0.05, 0.1) is 25.4 Å². The molecule has 0 aromatic rings. The molecular formula is C61H119NO8. The molecule has 1 aliphatic rings. The predicted molar refractivity (Wildman–Crippen MR) is 295 cm³/mol. The topological polar surface area (TPSA) is 149 Å². The van der Waals surface area contributed by atoms with E-state index in [2.05, 4.69) is 31.3 Å². The summed E-state index contributed by atoms with van der Waals surface area (Å²) in [6.07, 6.45) is 56.9. The van der Waals surface area contributed by atoms with E-state index >= 15 is 0 Å².